The quantitative estimate of drug-likeness (QED) is 0.399. The van der Waals surface area contributed by atoms with E-state index in [-0.39, 0.29) is 13.0 Å². The molecule has 2 nitrogen and oxygen atoms in total. The molecule has 0 spiro atoms. The number of halogens is 2. The predicted molar refractivity (Wildman–Crippen MR) is 24.4 cm³/mol. The van der Waals surface area contributed by atoms with Gasteiger partial charge in [-0.05, 0) is 6.92 Å². The molecular weight excluding hydrogens is 116 g/mol. The van der Waals surface area contributed by atoms with E-state index in [4.69, 9.17) is 0 Å². The Bertz CT molecular complexity index is 76.4. The Balaban J connectivity index is 3.51. The molecule has 48 valence electrons. The van der Waals surface area contributed by atoms with Crippen molar-refractivity contribution >= 4 is 6.41 Å². The first-order chi connectivity index (χ1) is 3.72. The van der Waals surface area contributed by atoms with Gasteiger partial charge in [-0.2, -0.15) is 8.78 Å². The first-order valence-electron chi connectivity index (χ1n) is 2.21. The van der Waals surface area contributed by atoms with E-state index in [1.54, 1.807) is 0 Å². The van der Waals surface area contributed by atoms with E-state index in [1.165, 1.54) is 6.92 Å². The van der Waals surface area contributed by atoms with Crippen molar-refractivity contribution < 1.29 is 13.6 Å². The first-order valence-corrected chi connectivity index (χ1v) is 2.21. The molecular formula is C4H7F2NO. The minimum absolute atomic E-state index is 0.0567. The highest BCUT2D eigenvalue weighted by Gasteiger charge is 2.08. The molecule has 0 unspecified atom stereocenters. The SMILES string of the molecule is CCN(C=O)C(F)F. The lowest BCUT2D eigenvalue weighted by atomic mass is 10.7. The lowest BCUT2D eigenvalue weighted by Crippen LogP contribution is -2.26. The van der Waals surface area contributed by atoms with Gasteiger partial charge in [0, 0.05) is 6.54 Å². The topological polar surface area (TPSA) is 20.3 Å². The number of nitrogens with zero attached hydrogens (tertiary/aromatic N) is 1. The molecule has 8 heavy (non-hydrogen) atoms. The van der Waals surface area contributed by atoms with E-state index in [2.05, 4.69) is 0 Å². The van der Waals surface area contributed by atoms with Gasteiger partial charge in [-0.15, -0.1) is 0 Å². The van der Waals surface area contributed by atoms with Crippen LogP contribution in [0, 0.1) is 0 Å². The van der Waals surface area contributed by atoms with Crippen molar-refractivity contribution in [1.82, 2.24) is 4.90 Å². The van der Waals surface area contributed by atoms with Gasteiger partial charge in [-0.1, -0.05) is 0 Å². The maximum Gasteiger partial charge on any atom is 0.317 e. The molecule has 4 heteroatoms. The van der Waals surface area contributed by atoms with E-state index in [1.807, 2.05) is 0 Å². The Morgan fingerprint density at radius 2 is 2.25 bits per heavy atom. The molecule has 0 aliphatic carbocycles. The fourth-order valence-corrected chi connectivity index (χ4v) is 0.259. The summed E-state index contributed by atoms with van der Waals surface area (Å²) in [6, 6.07) is 0. The van der Waals surface area contributed by atoms with Crippen molar-refractivity contribution in [3.63, 3.8) is 0 Å². The minimum Gasteiger partial charge on any atom is -0.289 e. The molecule has 0 saturated heterocycles. The highest BCUT2D eigenvalue weighted by molar-refractivity contribution is 5.46. The molecule has 0 aromatic heterocycles. The number of carbonyl (C=O) groups is 1. The number of carbonyl (C=O) groups excluding carboxylic acids is 1. The molecule has 0 aliphatic heterocycles. The third-order valence-electron chi connectivity index (χ3n) is 0.751. The Morgan fingerprint density at radius 3 is 2.25 bits per heavy atom. The van der Waals surface area contributed by atoms with Crippen LogP contribution in [0.1, 0.15) is 6.92 Å². The van der Waals surface area contributed by atoms with Gasteiger partial charge < -0.3 is 0 Å². The van der Waals surface area contributed by atoms with Crippen LogP contribution in [-0.4, -0.2) is 24.4 Å². The Morgan fingerprint density at radius 1 is 1.75 bits per heavy atom. The van der Waals surface area contributed by atoms with Gasteiger partial charge in [0.2, 0.25) is 6.41 Å². The number of amides is 1. The van der Waals surface area contributed by atoms with E-state index in [0.717, 1.165) is 0 Å². The van der Waals surface area contributed by atoms with Crippen LogP contribution in [0.3, 0.4) is 0 Å². The molecule has 0 radical (unpaired) electrons. The number of hydrogen-bond donors (Lipinski definition) is 0. The van der Waals surface area contributed by atoms with Gasteiger partial charge in [0.25, 0.3) is 0 Å². The van der Waals surface area contributed by atoms with Crippen LogP contribution >= 0.6 is 0 Å². The first kappa shape index (κ1) is 7.33. The summed E-state index contributed by atoms with van der Waals surface area (Å²) in [4.78, 5) is 10.0. The number of rotatable bonds is 3. The lowest BCUT2D eigenvalue weighted by molar-refractivity contribution is -0.130. The Kier molecular flexibility index (Phi) is 3.07. The van der Waals surface area contributed by atoms with Crippen LogP contribution < -0.4 is 0 Å². The van der Waals surface area contributed by atoms with Crippen molar-refractivity contribution in [3.8, 4) is 0 Å². The largest absolute Gasteiger partial charge is 0.317 e. The van der Waals surface area contributed by atoms with Crippen LogP contribution in [-0.2, 0) is 4.79 Å². The molecule has 0 saturated carbocycles. The molecule has 0 aromatic rings. The number of hydrogen-bond acceptors (Lipinski definition) is 1. The van der Waals surface area contributed by atoms with Gasteiger partial charge in [0.1, 0.15) is 0 Å². The lowest BCUT2D eigenvalue weighted by Gasteiger charge is -2.11. The maximum absolute atomic E-state index is 11.4. The van der Waals surface area contributed by atoms with Gasteiger partial charge in [0.15, 0.2) is 0 Å². The highest BCUT2D eigenvalue weighted by atomic mass is 19.3. The third-order valence-corrected chi connectivity index (χ3v) is 0.751. The Labute approximate surface area is 46.1 Å². The van der Waals surface area contributed by atoms with Gasteiger partial charge >= 0.3 is 6.55 Å². The molecule has 0 N–H and O–H groups in total. The molecule has 0 atom stereocenters. The zero-order valence-electron chi connectivity index (χ0n) is 4.47. The zero-order chi connectivity index (χ0) is 6.57. The summed E-state index contributed by atoms with van der Waals surface area (Å²) >= 11 is 0. The molecule has 0 aliphatic rings. The Hall–Kier alpha value is -0.670. The van der Waals surface area contributed by atoms with Crippen LogP contribution in [0.15, 0.2) is 0 Å². The second-order valence-corrected chi connectivity index (χ2v) is 1.21. The van der Waals surface area contributed by atoms with Crippen molar-refractivity contribution in [2.45, 2.75) is 13.5 Å². The molecule has 0 fully saturated rings. The summed E-state index contributed by atoms with van der Waals surface area (Å²) in [5, 5.41) is 0. The van der Waals surface area contributed by atoms with E-state index in [0.29, 0.717) is 4.90 Å². The minimum atomic E-state index is -2.66. The van der Waals surface area contributed by atoms with Gasteiger partial charge in [-0.3, -0.25) is 9.69 Å². The highest BCUT2D eigenvalue weighted by Crippen LogP contribution is 1.96. The second-order valence-electron chi connectivity index (χ2n) is 1.21. The molecule has 0 heterocycles. The summed E-state index contributed by atoms with van der Waals surface area (Å²) in [6.07, 6.45) is 0.130. The van der Waals surface area contributed by atoms with Crippen LogP contribution in [0.2, 0.25) is 0 Å². The van der Waals surface area contributed by atoms with Gasteiger partial charge in [0.05, 0.1) is 0 Å². The van der Waals surface area contributed by atoms with Crippen LogP contribution in [0.25, 0.3) is 0 Å². The molecule has 1 amide bonds. The smallest absolute Gasteiger partial charge is 0.289 e. The van der Waals surface area contributed by atoms with Crippen molar-refractivity contribution in [2.24, 2.45) is 0 Å². The molecule has 0 aromatic carbocycles. The molecule has 0 rings (SSSR count). The van der Waals surface area contributed by atoms with Crippen LogP contribution in [0.5, 0.6) is 0 Å². The zero-order valence-corrected chi connectivity index (χ0v) is 4.47. The normalized spacial score (nSPS) is 9.50. The van der Waals surface area contributed by atoms with Gasteiger partial charge in [-0.25, -0.2) is 0 Å². The van der Waals surface area contributed by atoms with Crippen molar-refractivity contribution in [2.75, 3.05) is 6.54 Å². The average molecular weight is 123 g/mol. The second kappa shape index (κ2) is 3.35. The summed E-state index contributed by atoms with van der Waals surface area (Å²) in [5.41, 5.74) is 0. The summed E-state index contributed by atoms with van der Waals surface area (Å²) in [7, 11) is 0. The van der Waals surface area contributed by atoms with E-state index in [9.17, 15) is 13.6 Å². The average Bonchev–Trinajstić information content (AvgIpc) is 1.69. The molecule has 0 bridgehead atoms. The van der Waals surface area contributed by atoms with Crippen molar-refractivity contribution in [1.29, 1.82) is 0 Å². The van der Waals surface area contributed by atoms with Crippen LogP contribution in [0.4, 0.5) is 8.78 Å². The monoisotopic (exact) mass is 123 g/mol. The van der Waals surface area contributed by atoms with E-state index < -0.39 is 6.55 Å². The predicted octanol–water partition coefficient (Wildman–Crippen LogP) is 0.687. The fourth-order valence-electron chi connectivity index (χ4n) is 0.259. The number of alkyl halides is 2. The summed E-state index contributed by atoms with van der Waals surface area (Å²) < 4.78 is 22.8. The maximum atomic E-state index is 11.4. The standard InChI is InChI=1S/C4H7F2NO/c1-2-7(3-8)4(5)6/h3-4H,2H2,1H3. The summed E-state index contributed by atoms with van der Waals surface area (Å²) in [5.74, 6) is 0. The summed E-state index contributed by atoms with van der Waals surface area (Å²) in [6.45, 7) is -1.11. The fraction of sp³-hybridized carbons (Fsp3) is 0.750. The van der Waals surface area contributed by atoms with E-state index >= 15 is 0 Å². The third kappa shape index (κ3) is 1.86. The van der Waals surface area contributed by atoms with Crippen molar-refractivity contribution in [3.05, 3.63) is 0 Å².